The molecule has 126 valence electrons. The molecule has 0 atom stereocenters. The summed E-state index contributed by atoms with van der Waals surface area (Å²) in [4.78, 5) is 23.7. The van der Waals surface area contributed by atoms with Gasteiger partial charge in [-0.1, -0.05) is 12.1 Å². The summed E-state index contributed by atoms with van der Waals surface area (Å²) in [5.41, 5.74) is 1.96. The van der Waals surface area contributed by atoms with E-state index in [1.54, 1.807) is 17.0 Å². The van der Waals surface area contributed by atoms with Crippen LogP contribution in [0.2, 0.25) is 0 Å². The monoisotopic (exact) mass is 338 g/mol. The number of nitrogens with zero attached hydrogens (tertiary/aromatic N) is 3. The summed E-state index contributed by atoms with van der Waals surface area (Å²) >= 11 is 0. The summed E-state index contributed by atoms with van der Waals surface area (Å²) in [5.74, 6) is 0. The third-order valence-electron chi connectivity index (χ3n) is 3.77. The van der Waals surface area contributed by atoms with Gasteiger partial charge in [-0.05, 0) is 29.8 Å². The zero-order valence-electron chi connectivity index (χ0n) is 13.1. The van der Waals surface area contributed by atoms with Crippen LogP contribution in [0.15, 0.2) is 42.5 Å². The lowest BCUT2D eigenvalue weighted by molar-refractivity contribution is -0.383. The van der Waals surface area contributed by atoms with Gasteiger partial charge in [0.1, 0.15) is 12.3 Å². The number of carbonyl (C=O) groups excluding carboxylic acids is 1. The second kappa shape index (κ2) is 6.88. The van der Waals surface area contributed by atoms with Crippen LogP contribution in [0.1, 0.15) is 11.1 Å². The van der Waals surface area contributed by atoms with Crippen LogP contribution < -0.4 is 5.32 Å². The Hall–Kier alpha value is -3.60. The fraction of sp³-hybridized carbons (Fsp3) is 0.176. The Morgan fingerprint density at radius 3 is 2.64 bits per heavy atom. The lowest BCUT2D eigenvalue weighted by atomic mass is 10.1. The van der Waals surface area contributed by atoms with E-state index in [4.69, 9.17) is 10.00 Å². The number of carbonyl (C=O) groups is 1. The van der Waals surface area contributed by atoms with E-state index in [1.807, 2.05) is 18.2 Å². The van der Waals surface area contributed by atoms with Crippen LogP contribution in [-0.4, -0.2) is 29.1 Å². The van der Waals surface area contributed by atoms with Crippen molar-refractivity contribution in [3.8, 4) is 6.07 Å². The summed E-state index contributed by atoms with van der Waals surface area (Å²) in [5, 5.41) is 23.0. The molecule has 3 rings (SSSR count). The van der Waals surface area contributed by atoms with Crippen molar-refractivity contribution < 1.29 is 14.5 Å². The van der Waals surface area contributed by atoms with Gasteiger partial charge in [-0.25, -0.2) is 4.79 Å². The molecule has 1 N–H and O–H groups in total. The molecule has 0 radical (unpaired) electrons. The van der Waals surface area contributed by atoms with Crippen molar-refractivity contribution in [2.75, 3.05) is 18.5 Å². The van der Waals surface area contributed by atoms with Crippen molar-refractivity contribution in [1.29, 1.82) is 5.26 Å². The average Bonchev–Trinajstić information content (AvgIpc) is 3.01. The van der Waals surface area contributed by atoms with E-state index in [0.717, 1.165) is 5.56 Å². The molecule has 1 amide bonds. The van der Waals surface area contributed by atoms with E-state index >= 15 is 0 Å². The van der Waals surface area contributed by atoms with Crippen LogP contribution in [0.4, 0.5) is 21.9 Å². The zero-order chi connectivity index (χ0) is 17.8. The van der Waals surface area contributed by atoms with Gasteiger partial charge in [-0.2, -0.15) is 5.26 Å². The van der Waals surface area contributed by atoms with E-state index in [2.05, 4.69) is 5.32 Å². The molecular weight excluding hydrogens is 324 g/mol. The summed E-state index contributed by atoms with van der Waals surface area (Å²) in [7, 11) is 0. The molecule has 8 nitrogen and oxygen atoms in total. The number of anilines is 2. The Kier molecular flexibility index (Phi) is 4.48. The Labute approximate surface area is 143 Å². The summed E-state index contributed by atoms with van der Waals surface area (Å²) in [6, 6.07) is 13.4. The predicted octanol–water partition coefficient (Wildman–Crippen LogP) is 3.16. The van der Waals surface area contributed by atoms with E-state index in [-0.39, 0.29) is 17.3 Å². The highest BCUT2D eigenvalue weighted by Gasteiger charge is 2.21. The van der Waals surface area contributed by atoms with E-state index in [0.29, 0.717) is 31.1 Å². The second-order valence-electron chi connectivity index (χ2n) is 5.46. The molecule has 25 heavy (non-hydrogen) atoms. The van der Waals surface area contributed by atoms with Crippen molar-refractivity contribution in [3.05, 3.63) is 63.7 Å². The molecule has 8 heteroatoms. The minimum Gasteiger partial charge on any atom is -0.448 e. The highest BCUT2D eigenvalue weighted by Crippen LogP contribution is 2.28. The predicted molar refractivity (Wildman–Crippen MR) is 89.3 cm³/mol. The second-order valence-corrected chi connectivity index (χ2v) is 5.46. The maximum Gasteiger partial charge on any atom is 0.410 e. The first kappa shape index (κ1) is 16.3. The van der Waals surface area contributed by atoms with Gasteiger partial charge < -0.3 is 15.0 Å². The molecule has 0 spiro atoms. The molecule has 1 saturated heterocycles. The van der Waals surface area contributed by atoms with Crippen molar-refractivity contribution in [1.82, 2.24) is 4.90 Å². The van der Waals surface area contributed by atoms with E-state index in [1.165, 1.54) is 18.2 Å². The first-order valence-corrected chi connectivity index (χ1v) is 7.53. The molecule has 1 heterocycles. The molecule has 1 aliphatic rings. The fourth-order valence-corrected chi connectivity index (χ4v) is 2.50. The summed E-state index contributed by atoms with van der Waals surface area (Å²) < 4.78 is 4.88. The fourth-order valence-electron chi connectivity index (χ4n) is 2.50. The normalized spacial score (nSPS) is 13.2. The van der Waals surface area contributed by atoms with Gasteiger partial charge >= 0.3 is 6.09 Å². The Morgan fingerprint density at radius 2 is 2.04 bits per heavy atom. The number of ether oxygens (including phenoxy) is 1. The maximum absolute atomic E-state index is 11.4. The number of amides is 1. The zero-order valence-corrected chi connectivity index (χ0v) is 13.1. The molecule has 0 unspecified atom stereocenters. The van der Waals surface area contributed by atoms with Crippen LogP contribution in [0.25, 0.3) is 0 Å². The quantitative estimate of drug-likeness (QED) is 0.662. The Morgan fingerprint density at radius 1 is 1.28 bits per heavy atom. The van der Waals surface area contributed by atoms with Gasteiger partial charge in [-0.15, -0.1) is 0 Å². The standard InChI is InChI=1S/C17H14N4O4/c18-10-13-3-6-15(16(9-13)21(23)24)19-14-4-1-12(2-5-14)11-20-7-8-25-17(20)22/h1-6,9,19H,7-8,11H2. The molecule has 0 aromatic heterocycles. The number of rotatable bonds is 5. The Balaban J connectivity index is 1.74. The highest BCUT2D eigenvalue weighted by atomic mass is 16.6. The Bertz CT molecular complexity index is 858. The molecule has 2 aromatic rings. The number of nitriles is 1. The van der Waals surface area contributed by atoms with Crippen LogP contribution in [0, 0.1) is 21.4 Å². The van der Waals surface area contributed by atoms with Crippen molar-refractivity contribution in [3.63, 3.8) is 0 Å². The molecule has 0 bridgehead atoms. The van der Waals surface area contributed by atoms with Gasteiger partial charge in [0.15, 0.2) is 0 Å². The number of hydrogen-bond donors (Lipinski definition) is 1. The number of nitro groups is 1. The molecule has 1 aliphatic heterocycles. The largest absolute Gasteiger partial charge is 0.448 e. The molecule has 0 saturated carbocycles. The SMILES string of the molecule is N#Cc1ccc(Nc2ccc(CN3CCOC3=O)cc2)c([N+](=O)[O-])c1. The number of hydrogen-bond acceptors (Lipinski definition) is 6. The number of nitro benzene ring substituents is 1. The molecule has 0 aliphatic carbocycles. The molecule has 2 aromatic carbocycles. The summed E-state index contributed by atoms with van der Waals surface area (Å²) in [6.45, 7) is 1.42. The van der Waals surface area contributed by atoms with Gasteiger partial charge in [0.05, 0.1) is 23.1 Å². The topological polar surface area (TPSA) is 109 Å². The van der Waals surface area contributed by atoms with E-state index < -0.39 is 4.92 Å². The van der Waals surface area contributed by atoms with Crippen molar-refractivity contribution in [2.24, 2.45) is 0 Å². The third kappa shape index (κ3) is 3.67. The van der Waals surface area contributed by atoms with E-state index in [9.17, 15) is 14.9 Å². The average molecular weight is 338 g/mol. The van der Waals surface area contributed by atoms with Gasteiger partial charge in [0, 0.05) is 18.3 Å². The third-order valence-corrected chi connectivity index (χ3v) is 3.77. The van der Waals surface area contributed by atoms with Crippen LogP contribution >= 0.6 is 0 Å². The van der Waals surface area contributed by atoms with Crippen LogP contribution in [0.5, 0.6) is 0 Å². The first-order valence-electron chi connectivity index (χ1n) is 7.53. The minimum absolute atomic E-state index is 0.164. The number of cyclic esters (lactones) is 1. The van der Waals surface area contributed by atoms with Gasteiger partial charge in [-0.3, -0.25) is 10.1 Å². The van der Waals surface area contributed by atoms with Crippen LogP contribution in [-0.2, 0) is 11.3 Å². The molecular formula is C17H14N4O4. The smallest absolute Gasteiger partial charge is 0.410 e. The number of benzene rings is 2. The first-order chi connectivity index (χ1) is 12.1. The van der Waals surface area contributed by atoms with Gasteiger partial charge in [0.25, 0.3) is 5.69 Å². The number of nitrogens with one attached hydrogen (secondary N) is 1. The lowest BCUT2D eigenvalue weighted by Crippen LogP contribution is -2.23. The maximum atomic E-state index is 11.4. The summed E-state index contributed by atoms with van der Waals surface area (Å²) in [6.07, 6.45) is -0.324. The lowest BCUT2D eigenvalue weighted by Gasteiger charge is -2.13. The highest BCUT2D eigenvalue weighted by molar-refractivity contribution is 5.71. The minimum atomic E-state index is -0.531. The van der Waals surface area contributed by atoms with Crippen molar-refractivity contribution in [2.45, 2.75) is 6.54 Å². The van der Waals surface area contributed by atoms with Crippen molar-refractivity contribution >= 4 is 23.2 Å². The van der Waals surface area contributed by atoms with Gasteiger partial charge in [0.2, 0.25) is 0 Å². The van der Waals surface area contributed by atoms with Crippen LogP contribution in [0.3, 0.4) is 0 Å². The molecule has 1 fully saturated rings.